The second kappa shape index (κ2) is 5.43. The Morgan fingerprint density at radius 2 is 2.05 bits per heavy atom. The number of phenolic OH excluding ortho intramolecular Hbond substituents is 1. The van der Waals surface area contributed by atoms with Gasteiger partial charge in [-0.2, -0.15) is 0 Å². The molecule has 3 nitrogen and oxygen atoms in total. The Morgan fingerprint density at radius 3 is 2.85 bits per heavy atom. The lowest BCUT2D eigenvalue weighted by molar-refractivity contribution is 0.157. The molecule has 2 unspecified atom stereocenters. The zero-order valence-corrected chi connectivity index (χ0v) is 11.9. The minimum Gasteiger partial charge on any atom is -0.508 e. The Hall–Kier alpha value is -1.58. The van der Waals surface area contributed by atoms with Crippen molar-refractivity contribution >= 4 is 10.8 Å². The number of aromatic hydroxyl groups is 1. The van der Waals surface area contributed by atoms with Gasteiger partial charge in [-0.3, -0.25) is 4.90 Å². The molecule has 2 atom stereocenters. The van der Waals surface area contributed by atoms with Gasteiger partial charge in [-0.05, 0) is 35.7 Å². The fourth-order valence-corrected chi connectivity index (χ4v) is 3.11. The van der Waals surface area contributed by atoms with Crippen molar-refractivity contribution in [1.82, 2.24) is 4.90 Å². The van der Waals surface area contributed by atoms with Crippen LogP contribution in [0, 0.1) is 5.92 Å². The molecule has 2 aromatic carbocycles. The van der Waals surface area contributed by atoms with Crippen LogP contribution in [0.5, 0.6) is 5.75 Å². The van der Waals surface area contributed by atoms with Crippen molar-refractivity contribution in [2.24, 2.45) is 11.7 Å². The predicted molar refractivity (Wildman–Crippen MR) is 82.6 cm³/mol. The highest BCUT2D eigenvalue weighted by molar-refractivity contribution is 5.87. The van der Waals surface area contributed by atoms with E-state index in [0.717, 1.165) is 37.0 Å². The van der Waals surface area contributed by atoms with Gasteiger partial charge in [0.25, 0.3) is 0 Å². The van der Waals surface area contributed by atoms with E-state index in [-0.39, 0.29) is 0 Å². The third-order valence-corrected chi connectivity index (χ3v) is 4.45. The number of piperidine rings is 1. The van der Waals surface area contributed by atoms with Crippen LogP contribution in [0.3, 0.4) is 0 Å². The smallest absolute Gasteiger partial charge is 0.120 e. The summed E-state index contributed by atoms with van der Waals surface area (Å²) in [6, 6.07) is 12.3. The molecule has 106 valence electrons. The molecule has 20 heavy (non-hydrogen) atoms. The lowest BCUT2D eigenvalue weighted by Crippen LogP contribution is -2.45. The average molecular weight is 270 g/mol. The highest BCUT2D eigenvalue weighted by Crippen LogP contribution is 2.29. The van der Waals surface area contributed by atoms with Crippen molar-refractivity contribution < 1.29 is 5.11 Å². The van der Waals surface area contributed by atoms with Crippen LogP contribution in [0.1, 0.15) is 18.9 Å². The number of likely N-dealkylation sites (tertiary alicyclic amines) is 1. The summed E-state index contributed by atoms with van der Waals surface area (Å²) in [4.78, 5) is 2.40. The van der Waals surface area contributed by atoms with Gasteiger partial charge >= 0.3 is 0 Å². The highest BCUT2D eigenvalue weighted by Gasteiger charge is 2.24. The number of benzene rings is 2. The van der Waals surface area contributed by atoms with Crippen LogP contribution in [-0.4, -0.2) is 29.1 Å². The topological polar surface area (TPSA) is 49.5 Å². The normalized spacial score (nSPS) is 24.1. The van der Waals surface area contributed by atoms with Gasteiger partial charge < -0.3 is 10.8 Å². The van der Waals surface area contributed by atoms with E-state index in [1.54, 1.807) is 6.07 Å². The molecule has 3 N–H and O–H groups in total. The summed E-state index contributed by atoms with van der Waals surface area (Å²) in [5.41, 5.74) is 7.11. The third kappa shape index (κ3) is 2.51. The number of fused-ring (bicyclic) bond motifs is 1. The van der Waals surface area contributed by atoms with Gasteiger partial charge in [0, 0.05) is 24.7 Å². The Bertz CT molecular complexity index is 611. The zero-order valence-electron chi connectivity index (χ0n) is 11.9. The Morgan fingerprint density at radius 1 is 1.25 bits per heavy atom. The van der Waals surface area contributed by atoms with E-state index >= 15 is 0 Å². The van der Waals surface area contributed by atoms with Crippen LogP contribution in [0.15, 0.2) is 36.4 Å². The van der Waals surface area contributed by atoms with Crippen LogP contribution in [-0.2, 0) is 6.54 Å². The van der Waals surface area contributed by atoms with Crippen LogP contribution in [0.25, 0.3) is 10.8 Å². The molecule has 1 aliphatic heterocycles. The molecular weight excluding hydrogens is 248 g/mol. The highest BCUT2D eigenvalue weighted by atomic mass is 16.3. The predicted octanol–water partition coefficient (Wildman–Crippen LogP) is 2.71. The molecule has 0 aliphatic carbocycles. The van der Waals surface area contributed by atoms with Crippen LogP contribution >= 0.6 is 0 Å². The molecule has 1 saturated heterocycles. The van der Waals surface area contributed by atoms with E-state index in [4.69, 9.17) is 5.73 Å². The molecule has 1 aliphatic rings. The Balaban J connectivity index is 1.89. The van der Waals surface area contributed by atoms with Crippen molar-refractivity contribution in [3.63, 3.8) is 0 Å². The molecule has 1 heterocycles. The second-order valence-electron chi connectivity index (χ2n) is 5.95. The molecule has 0 bridgehead atoms. The van der Waals surface area contributed by atoms with Crippen LogP contribution in [0.2, 0.25) is 0 Å². The number of rotatable bonds is 2. The molecule has 0 radical (unpaired) electrons. The average Bonchev–Trinajstić information content (AvgIpc) is 2.46. The van der Waals surface area contributed by atoms with Crippen LogP contribution < -0.4 is 5.73 Å². The standard InChI is InChI=1S/C17H22N2O/c1-12-10-19(9-8-16(12)18)11-15-14-5-3-2-4-13(14)6-7-17(15)20/h2-7,12,16,20H,8-11,18H2,1H3. The van der Waals surface area contributed by atoms with Gasteiger partial charge in [-0.15, -0.1) is 0 Å². The molecule has 3 rings (SSSR count). The first-order valence-corrected chi connectivity index (χ1v) is 7.32. The molecule has 1 fully saturated rings. The summed E-state index contributed by atoms with van der Waals surface area (Å²) in [6.07, 6.45) is 1.03. The summed E-state index contributed by atoms with van der Waals surface area (Å²) in [6.45, 7) is 5.02. The third-order valence-electron chi connectivity index (χ3n) is 4.45. The SMILES string of the molecule is CC1CN(Cc2c(O)ccc3ccccc23)CCC1N. The molecule has 0 saturated carbocycles. The number of nitrogens with zero attached hydrogens (tertiary/aromatic N) is 1. The van der Waals surface area contributed by atoms with Crippen molar-refractivity contribution in [2.45, 2.75) is 25.9 Å². The minimum atomic E-state index is 0.312. The Labute approximate surface area is 120 Å². The molecule has 3 heteroatoms. The van der Waals surface area contributed by atoms with Crippen molar-refractivity contribution in [3.8, 4) is 5.75 Å². The van der Waals surface area contributed by atoms with Crippen LogP contribution in [0.4, 0.5) is 0 Å². The van der Waals surface area contributed by atoms with Crippen molar-refractivity contribution in [1.29, 1.82) is 0 Å². The van der Waals surface area contributed by atoms with Gasteiger partial charge in [0.05, 0.1) is 0 Å². The van der Waals surface area contributed by atoms with Gasteiger partial charge in [-0.1, -0.05) is 37.3 Å². The molecule has 2 aromatic rings. The quantitative estimate of drug-likeness (QED) is 0.882. The van der Waals surface area contributed by atoms with E-state index in [0.29, 0.717) is 17.7 Å². The maximum Gasteiger partial charge on any atom is 0.120 e. The summed E-state index contributed by atoms with van der Waals surface area (Å²) in [5.74, 6) is 0.909. The van der Waals surface area contributed by atoms with E-state index in [1.165, 1.54) is 5.39 Å². The number of hydrogen-bond acceptors (Lipinski definition) is 3. The fourth-order valence-electron chi connectivity index (χ4n) is 3.11. The van der Waals surface area contributed by atoms with Gasteiger partial charge in [0.1, 0.15) is 5.75 Å². The van der Waals surface area contributed by atoms with Crippen molar-refractivity contribution in [3.05, 3.63) is 42.0 Å². The number of hydrogen-bond donors (Lipinski definition) is 2. The first kappa shape index (κ1) is 13.4. The molecule has 0 amide bonds. The zero-order chi connectivity index (χ0) is 14.1. The summed E-state index contributed by atoms with van der Waals surface area (Å²) in [5, 5.41) is 12.5. The Kier molecular flexibility index (Phi) is 3.64. The fraction of sp³-hybridized carbons (Fsp3) is 0.412. The van der Waals surface area contributed by atoms with E-state index in [1.807, 2.05) is 18.2 Å². The monoisotopic (exact) mass is 270 g/mol. The largest absolute Gasteiger partial charge is 0.508 e. The first-order valence-electron chi connectivity index (χ1n) is 7.32. The molecule has 0 spiro atoms. The lowest BCUT2D eigenvalue weighted by Gasteiger charge is -2.35. The minimum absolute atomic E-state index is 0.312. The second-order valence-corrected chi connectivity index (χ2v) is 5.95. The molecular formula is C17H22N2O. The number of nitrogens with two attached hydrogens (primary N) is 1. The maximum atomic E-state index is 10.2. The van der Waals surface area contributed by atoms with Gasteiger partial charge in [-0.25, -0.2) is 0 Å². The van der Waals surface area contributed by atoms with E-state index < -0.39 is 0 Å². The first-order chi connectivity index (χ1) is 9.65. The summed E-state index contributed by atoms with van der Waals surface area (Å²) >= 11 is 0. The molecule has 0 aromatic heterocycles. The van der Waals surface area contributed by atoms with E-state index in [2.05, 4.69) is 24.0 Å². The number of phenols is 1. The van der Waals surface area contributed by atoms with Crippen molar-refractivity contribution in [2.75, 3.05) is 13.1 Å². The van der Waals surface area contributed by atoms with E-state index in [9.17, 15) is 5.11 Å². The lowest BCUT2D eigenvalue weighted by atomic mass is 9.94. The van der Waals surface area contributed by atoms with Gasteiger partial charge in [0.15, 0.2) is 0 Å². The summed E-state index contributed by atoms with van der Waals surface area (Å²) < 4.78 is 0. The maximum absolute atomic E-state index is 10.2. The summed E-state index contributed by atoms with van der Waals surface area (Å²) in [7, 11) is 0. The van der Waals surface area contributed by atoms with Gasteiger partial charge in [0.2, 0.25) is 0 Å².